The average molecular weight is 335 g/mol. The molecule has 1 saturated carbocycles. The molecule has 1 aromatic carbocycles. The molecule has 2 saturated heterocycles. The first-order valence-electron chi connectivity index (χ1n) is 8.14. The fourth-order valence-electron chi connectivity index (χ4n) is 3.96. The number of carbonyl (C=O) groups excluding carboxylic acids is 2. The Morgan fingerprint density at radius 3 is 2.52 bits per heavy atom. The van der Waals surface area contributed by atoms with Crippen molar-refractivity contribution in [3.05, 3.63) is 34.9 Å². The highest BCUT2D eigenvalue weighted by Crippen LogP contribution is 2.44. The highest BCUT2D eigenvalue weighted by atomic mass is 35.5. The van der Waals surface area contributed by atoms with Gasteiger partial charge in [0.25, 0.3) is 5.91 Å². The Balaban J connectivity index is 1.58. The van der Waals surface area contributed by atoms with Gasteiger partial charge < -0.3 is 4.74 Å². The number of ether oxygens (including phenoxy) is 1. The van der Waals surface area contributed by atoms with E-state index in [9.17, 15) is 9.59 Å². The fourth-order valence-corrected chi connectivity index (χ4v) is 4.09. The Bertz CT molecular complexity index is 640. The van der Waals surface area contributed by atoms with Crippen LogP contribution in [-0.4, -0.2) is 40.1 Å². The van der Waals surface area contributed by atoms with Crippen molar-refractivity contribution in [1.82, 2.24) is 9.80 Å². The highest BCUT2D eigenvalue weighted by Gasteiger charge is 2.59. The van der Waals surface area contributed by atoms with Crippen LogP contribution in [0.4, 0.5) is 4.79 Å². The molecule has 3 amide bonds. The molecule has 122 valence electrons. The van der Waals surface area contributed by atoms with Gasteiger partial charge in [0, 0.05) is 5.02 Å². The van der Waals surface area contributed by atoms with Gasteiger partial charge in [0.2, 0.25) is 0 Å². The van der Waals surface area contributed by atoms with Crippen LogP contribution < -0.4 is 0 Å². The van der Waals surface area contributed by atoms with Crippen molar-refractivity contribution in [2.75, 3.05) is 6.61 Å². The number of hydrogen-bond donors (Lipinski definition) is 0. The number of carbonyl (C=O) groups is 2. The number of imide groups is 1. The zero-order valence-corrected chi connectivity index (χ0v) is 13.6. The summed E-state index contributed by atoms with van der Waals surface area (Å²) in [5, 5.41) is 0.642. The van der Waals surface area contributed by atoms with Crippen molar-refractivity contribution in [2.45, 2.75) is 50.4 Å². The number of halogens is 1. The largest absolute Gasteiger partial charge is 0.353 e. The first kappa shape index (κ1) is 15.0. The molecule has 0 unspecified atom stereocenters. The SMILES string of the molecule is O=C1[C@H]2COC3(CCCCC3)N2C(=O)N1Cc1ccc(Cl)cc1. The molecule has 5 nitrogen and oxygen atoms in total. The van der Waals surface area contributed by atoms with Gasteiger partial charge in [0.15, 0.2) is 0 Å². The molecule has 1 aliphatic carbocycles. The molecule has 3 aliphatic rings. The van der Waals surface area contributed by atoms with E-state index in [1.165, 1.54) is 11.3 Å². The second-order valence-corrected chi connectivity index (χ2v) is 6.97. The van der Waals surface area contributed by atoms with Crippen molar-refractivity contribution in [2.24, 2.45) is 0 Å². The lowest BCUT2D eigenvalue weighted by molar-refractivity contribution is -0.128. The van der Waals surface area contributed by atoms with Gasteiger partial charge in [-0.15, -0.1) is 0 Å². The zero-order chi connectivity index (χ0) is 16.0. The second kappa shape index (κ2) is 5.49. The van der Waals surface area contributed by atoms with Crippen molar-refractivity contribution in [3.63, 3.8) is 0 Å². The monoisotopic (exact) mass is 334 g/mol. The van der Waals surface area contributed by atoms with Crippen molar-refractivity contribution in [1.29, 1.82) is 0 Å². The summed E-state index contributed by atoms with van der Waals surface area (Å²) < 4.78 is 5.94. The molecule has 6 heteroatoms. The van der Waals surface area contributed by atoms with Gasteiger partial charge in [-0.1, -0.05) is 30.2 Å². The van der Waals surface area contributed by atoms with Crippen molar-refractivity contribution >= 4 is 23.5 Å². The summed E-state index contributed by atoms with van der Waals surface area (Å²) in [5.41, 5.74) is 0.348. The smallest absolute Gasteiger partial charge is 0.330 e. The number of hydrogen-bond acceptors (Lipinski definition) is 3. The topological polar surface area (TPSA) is 49.9 Å². The van der Waals surface area contributed by atoms with Gasteiger partial charge in [-0.05, 0) is 43.4 Å². The summed E-state index contributed by atoms with van der Waals surface area (Å²) in [6.07, 6.45) is 4.92. The van der Waals surface area contributed by atoms with Crippen LogP contribution in [0.25, 0.3) is 0 Å². The Morgan fingerprint density at radius 1 is 1.13 bits per heavy atom. The predicted octanol–water partition coefficient (Wildman–Crippen LogP) is 3.16. The van der Waals surface area contributed by atoms with Gasteiger partial charge in [-0.3, -0.25) is 14.6 Å². The van der Waals surface area contributed by atoms with E-state index in [1.807, 2.05) is 12.1 Å². The van der Waals surface area contributed by atoms with Gasteiger partial charge >= 0.3 is 6.03 Å². The first-order valence-corrected chi connectivity index (χ1v) is 8.52. The molecule has 1 spiro atoms. The molecule has 2 aliphatic heterocycles. The summed E-state index contributed by atoms with van der Waals surface area (Å²) in [6.45, 7) is 0.611. The lowest BCUT2D eigenvalue weighted by Gasteiger charge is -2.39. The third-order valence-electron chi connectivity index (χ3n) is 5.14. The lowest BCUT2D eigenvalue weighted by atomic mass is 9.90. The lowest BCUT2D eigenvalue weighted by Crippen LogP contribution is -2.50. The fraction of sp³-hybridized carbons (Fsp3) is 0.529. The maximum atomic E-state index is 12.9. The Labute approximate surface area is 140 Å². The van der Waals surface area contributed by atoms with Crippen LogP contribution in [0.5, 0.6) is 0 Å². The van der Waals surface area contributed by atoms with Crippen LogP contribution in [0.15, 0.2) is 24.3 Å². The van der Waals surface area contributed by atoms with Gasteiger partial charge in [0.05, 0.1) is 13.2 Å². The molecule has 0 radical (unpaired) electrons. The average Bonchev–Trinajstić information content (AvgIpc) is 3.03. The molecule has 2 heterocycles. The van der Waals surface area contributed by atoms with E-state index in [0.717, 1.165) is 31.2 Å². The second-order valence-electron chi connectivity index (χ2n) is 6.54. The van der Waals surface area contributed by atoms with Gasteiger partial charge in [0.1, 0.15) is 11.8 Å². The third kappa shape index (κ3) is 2.34. The molecule has 4 rings (SSSR count). The van der Waals surface area contributed by atoms with Crippen LogP contribution in [0.1, 0.15) is 37.7 Å². The molecule has 23 heavy (non-hydrogen) atoms. The number of benzene rings is 1. The molecule has 0 N–H and O–H groups in total. The summed E-state index contributed by atoms with van der Waals surface area (Å²) in [4.78, 5) is 28.6. The summed E-state index contributed by atoms with van der Waals surface area (Å²) >= 11 is 5.89. The van der Waals surface area contributed by atoms with E-state index in [4.69, 9.17) is 16.3 Å². The van der Waals surface area contributed by atoms with E-state index in [1.54, 1.807) is 17.0 Å². The normalized spacial score (nSPS) is 26.2. The van der Waals surface area contributed by atoms with Crippen LogP contribution in [0.3, 0.4) is 0 Å². The van der Waals surface area contributed by atoms with Crippen molar-refractivity contribution < 1.29 is 14.3 Å². The highest BCUT2D eigenvalue weighted by molar-refractivity contribution is 6.30. The van der Waals surface area contributed by atoms with E-state index in [2.05, 4.69) is 0 Å². The van der Waals surface area contributed by atoms with Gasteiger partial charge in [-0.2, -0.15) is 0 Å². The number of rotatable bonds is 2. The molecular formula is C17H19ClN2O3. The van der Waals surface area contributed by atoms with Gasteiger partial charge in [-0.25, -0.2) is 4.79 Å². The Hall–Kier alpha value is -1.59. The van der Waals surface area contributed by atoms with E-state index >= 15 is 0 Å². The third-order valence-corrected chi connectivity index (χ3v) is 5.39. The number of fused-ring (bicyclic) bond motifs is 2. The van der Waals surface area contributed by atoms with Crippen LogP contribution in [0.2, 0.25) is 5.02 Å². The van der Waals surface area contributed by atoms with Crippen molar-refractivity contribution in [3.8, 4) is 0 Å². The number of urea groups is 1. The molecule has 1 aromatic rings. The van der Waals surface area contributed by atoms with E-state index in [-0.39, 0.29) is 18.5 Å². The quantitative estimate of drug-likeness (QED) is 0.781. The molecule has 3 fully saturated rings. The van der Waals surface area contributed by atoms with E-state index in [0.29, 0.717) is 11.6 Å². The molecule has 1 atom stereocenters. The minimum Gasteiger partial charge on any atom is -0.353 e. The van der Waals surface area contributed by atoms with E-state index < -0.39 is 11.8 Å². The molecular weight excluding hydrogens is 316 g/mol. The van der Waals surface area contributed by atoms with Crippen LogP contribution in [-0.2, 0) is 16.1 Å². The summed E-state index contributed by atoms with van der Waals surface area (Å²) in [7, 11) is 0. The zero-order valence-electron chi connectivity index (χ0n) is 12.8. The Kier molecular flexibility index (Phi) is 3.58. The maximum absolute atomic E-state index is 12.9. The Morgan fingerprint density at radius 2 is 1.83 bits per heavy atom. The predicted molar refractivity (Wildman–Crippen MR) is 84.8 cm³/mol. The number of amides is 3. The minimum absolute atomic E-state index is 0.146. The van der Waals surface area contributed by atoms with Crippen LogP contribution >= 0.6 is 11.6 Å². The maximum Gasteiger partial charge on any atom is 0.330 e. The molecule has 0 aromatic heterocycles. The minimum atomic E-state index is -0.551. The molecule has 0 bridgehead atoms. The number of nitrogens with zero attached hydrogens (tertiary/aromatic N) is 2. The summed E-state index contributed by atoms with van der Waals surface area (Å²) in [6, 6.07) is 6.57. The standard InChI is InChI=1S/C17H19ClN2O3/c18-13-6-4-12(5-7-13)10-19-15(21)14-11-23-17(20(14)16(19)22)8-2-1-3-9-17/h4-7,14H,1-3,8-11H2/t14-/m1/s1. The first-order chi connectivity index (χ1) is 11.1. The summed E-state index contributed by atoms with van der Waals surface area (Å²) in [5.74, 6) is -0.146. The van der Waals surface area contributed by atoms with Crippen LogP contribution in [0, 0.1) is 0 Å².